The minimum absolute atomic E-state index is 0. The van der Waals surface area contributed by atoms with Crippen molar-refractivity contribution in [1.82, 2.24) is 10.2 Å². The highest BCUT2D eigenvalue weighted by atomic mass is 127. The average molecular weight is 566 g/mol. The highest BCUT2D eigenvalue weighted by Gasteiger charge is 2.41. The van der Waals surface area contributed by atoms with Gasteiger partial charge in [-0.15, -0.1) is 24.0 Å². The molecule has 176 valence electrons. The quantitative estimate of drug-likeness (QED) is 0.323. The van der Waals surface area contributed by atoms with Crippen LogP contribution in [0.5, 0.6) is 11.5 Å². The average Bonchev–Trinajstić information content (AvgIpc) is 3.21. The van der Waals surface area contributed by atoms with Crippen LogP contribution < -0.4 is 14.8 Å². The Balaban J connectivity index is 0.00000341. The third kappa shape index (κ3) is 6.18. The Morgan fingerprint density at radius 1 is 1.29 bits per heavy atom. The van der Waals surface area contributed by atoms with E-state index < -0.39 is 14.6 Å². The van der Waals surface area contributed by atoms with E-state index in [1.807, 2.05) is 30.0 Å². The first kappa shape index (κ1) is 26.0. The number of rotatable bonds is 6. The Morgan fingerprint density at radius 2 is 2.00 bits per heavy atom. The summed E-state index contributed by atoms with van der Waals surface area (Å²) < 4.78 is 35.8. The number of guanidine groups is 1. The van der Waals surface area contributed by atoms with Crippen LogP contribution in [0, 0.1) is 0 Å². The minimum Gasteiger partial charge on any atom is -0.493 e. The Labute approximate surface area is 203 Å². The van der Waals surface area contributed by atoms with Crippen molar-refractivity contribution in [2.75, 3.05) is 32.5 Å². The molecule has 1 N–H and O–H groups in total. The molecule has 1 saturated heterocycles. The minimum atomic E-state index is -3.10. The third-order valence-corrected chi connectivity index (χ3v) is 8.48. The Morgan fingerprint density at radius 3 is 2.61 bits per heavy atom. The summed E-state index contributed by atoms with van der Waals surface area (Å²) in [5, 5.41) is 3.32. The maximum absolute atomic E-state index is 12.4. The normalized spacial score (nSPS) is 20.8. The fourth-order valence-corrected chi connectivity index (χ4v) is 5.43. The first-order chi connectivity index (χ1) is 14.3. The van der Waals surface area contributed by atoms with Crippen molar-refractivity contribution in [2.45, 2.75) is 63.9 Å². The summed E-state index contributed by atoms with van der Waals surface area (Å²) >= 11 is 0. The number of hydrogen-bond acceptors (Lipinski definition) is 5. The van der Waals surface area contributed by atoms with E-state index in [9.17, 15) is 8.42 Å². The predicted molar refractivity (Wildman–Crippen MR) is 136 cm³/mol. The second kappa shape index (κ2) is 11.1. The lowest BCUT2D eigenvalue weighted by Crippen LogP contribution is -2.57. The number of methoxy groups -OCH3 is 1. The van der Waals surface area contributed by atoms with Gasteiger partial charge < -0.3 is 19.7 Å². The number of sulfone groups is 1. The van der Waals surface area contributed by atoms with E-state index >= 15 is 0 Å². The number of halogens is 1. The Kier molecular flexibility index (Phi) is 9.29. The molecule has 9 heteroatoms. The monoisotopic (exact) mass is 565 g/mol. The van der Waals surface area contributed by atoms with Gasteiger partial charge in [-0.2, -0.15) is 0 Å². The van der Waals surface area contributed by atoms with Gasteiger partial charge in [0.1, 0.15) is 0 Å². The van der Waals surface area contributed by atoms with E-state index in [1.54, 1.807) is 21.0 Å². The lowest BCUT2D eigenvalue weighted by molar-refractivity contribution is 0.198. The molecule has 3 rings (SSSR count). The molecule has 0 spiro atoms. The van der Waals surface area contributed by atoms with Crippen LogP contribution in [-0.4, -0.2) is 62.6 Å². The largest absolute Gasteiger partial charge is 0.493 e. The van der Waals surface area contributed by atoms with E-state index in [-0.39, 0.29) is 35.8 Å². The molecule has 0 unspecified atom stereocenters. The van der Waals surface area contributed by atoms with Gasteiger partial charge in [0.05, 0.1) is 30.3 Å². The number of nitrogens with one attached hydrogen (secondary N) is 1. The fraction of sp³-hybridized carbons (Fsp3) is 0.682. The standard InChI is InChI=1S/C22H35N3O4S.HI/c1-5-23-21(25-13-14-30(26,27)22(2,3)16-25)24-15-17-9-8-12-19(28-4)20(17)29-18-10-6-7-11-18;/h8-9,12,18H,5-7,10-11,13-16H2,1-4H3,(H,23,24);1H. The van der Waals surface area contributed by atoms with Crippen molar-refractivity contribution in [2.24, 2.45) is 4.99 Å². The topological polar surface area (TPSA) is 80.2 Å². The first-order valence-electron chi connectivity index (χ1n) is 10.9. The molecule has 1 aromatic rings. The van der Waals surface area contributed by atoms with Crippen molar-refractivity contribution < 1.29 is 17.9 Å². The van der Waals surface area contributed by atoms with Crippen molar-refractivity contribution >= 4 is 39.8 Å². The summed E-state index contributed by atoms with van der Waals surface area (Å²) in [4.78, 5) is 6.88. The van der Waals surface area contributed by atoms with E-state index in [4.69, 9.17) is 14.5 Å². The molecule has 1 heterocycles. The van der Waals surface area contributed by atoms with E-state index in [1.165, 1.54) is 12.8 Å². The van der Waals surface area contributed by atoms with Gasteiger partial charge in [-0.3, -0.25) is 0 Å². The molecule has 1 aromatic carbocycles. The van der Waals surface area contributed by atoms with Crippen molar-refractivity contribution in [1.29, 1.82) is 0 Å². The zero-order valence-corrected chi connectivity index (χ0v) is 22.2. The van der Waals surface area contributed by atoms with Crippen molar-refractivity contribution in [3.05, 3.63) is 23.8 Å². The SMILES string of the molecule is CCNC(=NCc1cccc(OC)c1OC1CCCC1)N1CCS(=O)(=O)C(C)(C)C1.I. The zero-order chi connectivity index (χ0) is 21.8. The molecule has 7 nitrogen and oxygen atoms in total. The highest BCUT2D eigenvalue weighted by Crippen LogP contribution is 2.35. The summed E-state index contributed by atoms with van der Waals surface area (Å²) in [5.41, 5.74) is 0.973. The Hall–Kier alpha value is -1.23. The number of benzene rings is 1. The van der Waals surface area contributed by atoms with E-state index in [0.29, 0.717) is 26.2 Å². The molecule has 0 aromatic heterocycles. The van der Waals surface area contributed by atoms with Crippen molar-refractivity contribution in [3.8, 4) is 11.5 Å². The van der Waals surface area contributed by atoms with Gasteiger partial charge in [-0.1, -0.05) is 12.1 Å². The maximum atomic E-state index is 12.4. The van der Waals surface area contributed by atoms with Gasteiger partial charge in [-0.25, -0.2) is 13.4 Å². The summed E-state index contributed by atoms with van der Waals surface area (Å²) in [7, 11) is -1.44. The van der Waals surface area contributed by atoms with Gasteiger partial charge in [0.15, 0.2) is 27.3 Å². The molecule has 2 fully saturated rings. The zero-order valence-electron chi connectivity index (χ0n) is 19.0. The lowest BCUT2D eigenvalue weighted by atomic mass is 10.1. The molecular weight excluding hydrogens is 529 g/mol. The summed E-state index contributed by atoms with van der Waals surface area (Å²) in [6.07, 6.45) is 4.77. The molecule has 31 heavy (non-hydrogen) atoms. The molecular formula is C22H36IN3O4S. The predicted octanol–water partition coefficient (Wildman–Crippen LogP) is 3.61. The van der Waals surface area contributed by atoms with E-state index in [0.717, 1.165) is 35.9 Å². The molecule has 1 aliphatic carbocycles. The molecule has 1 saturated carbocycles. The number of hydrogen-bond donors (Lipinski definition) is 1. The van der Waals surface area contributed by atoms with Gasteiger partial charge in [-0.05, 0) is 52.5 Å². The van der Waals surface area contributed by atoms with Gasteiger partial charge >= 0.3 is 0 Å². The van der Waals surface area contributed by atoms with Gasteiger partial charge in [0, 0.05) is 25.2 Å². The molecule has 0 radical (unpaired) electrons. The second-order valence-electron chi connectivity index (χ2n) is 8.64. The molecule has 0 atom stereocenters. The number of ether oxygens (including phenoxy) is 2. The molecule has 1 aliphatic heterocycles. The van der Waals surface area contributed by atoms with Crippen LogP contribution in [-0.2, 0) is 16.4 Å². The number of para-hydroxylation sites is 1. The molecule has 0 amide bonds. The van der Waals surface area contributed by atoms with Gasteiger partial charge in [0.2, 0.25) is 0 Å². The van der Waals surface area contributed by atoms with Crippen LogP contribution in [0.3, 0.4) is 0 Å². The van der Waals surface area contributed by atoms with Crippen molar-refractivity contribution in [3.63, 3.8) is 0 Å². The van der Waals surface area contributed by atoms with E-state index in [2.05, 4.69) is 5.32 Å². The fourth-order valence-electron chi connectivity index (χ4n) is 4.06. The van der Waals surface area contributed by atoms with Crippen LogP contribution >= 0.6 is 24.0 Å². The summed E-state index contributed by atoms with van der Waals surface area (Å²) in [5.74, 6) is 2.37. The van der Waals surface area contributed by atoms with Crippen LogP contribution in [0.2, 0.25) is 0 Å². The second-order valence-corrected chi connectivity index (χ2v) is 11.4. The Bertz CT molecular complexity index is 868. The smallest absolute Gasteiger partial charge is 0.194 e. The molecule has 0 bridgehead atoms. The van der Waals surface area contributed by atoms with Crippen LogP contribution in [0.1, 0.15) is 52.0 Å². The maximum Gasteiger partial charge on any atom is 0.194 e. The number of aliphatic imine (C=N–C) groups is 1. The van der Waals surface area contributed by atoms with Crippen LogP contribution in [0.15, 0.2) is 23.2 Å². The first-order valence-corrected chi connectivity index (χ1v) is 12.5. The van der Waals surface area contributed by atoms with Crippen LogP contribution in [0.25, 0.3) is 0 Å². The summed E-state index contributed by atoms with van der Waals surface area (Å²) in [6, 6.07) is 5.89. The van der Waals surface area contributed by atoms with Crippen LogP contribution in [0.4, 0.5) is 0 Å². The third-order valence-electron chi connectivity index (χ3n) is 5.94. The number of nitrogens with zero attached hydrogens (tertiary/aromatic N) is 2. The summed E-state index contributed by atoms with van der Waals surface area (Å²) in [6.45, 7) is 7.60. The van der Waals surface area contributed by atoms with Gasteiger partial charge in [0.25, 0.3) is 0 Å². The molecule has 2 aliphatic rings. The lowest BCUT2D eigenvalue weighted by Gasteiger charge is -2.39. The highest BCUT2D eigenvalue weighted by molar-refractivity contribution is 14.0.